The van der Waals surface area contributed by atoms with Crippen LogP contribution in [0.1, 0.15) is 18.9 Å². The number of fused-ring (bicyclic) bond motifs is 2. The lowest BCUT2D eigenvalue weighted by atomic mass is 10.0. The van der Waals surface area contributed by atoms with Crippen molar-refractivity contribution in [1.82, 2.24) is 14.5 Å². The Kier molecular flexibility index (Phi) is 4.94. The van der Waals surface area contributed by atoms with Gasteiger partial charge >= 0.3 is 5.69 Å². The number of likely N-dealkylation sites (tertiary alicyclic amines) is 1. The molecular formula is C21H21Cl2N3O3. The van der Waals surface area contributed by atoms with Crippen LogP contribution in [0.5, 0.6) is 11.5 Å². The van der Waals surface area contributed by atoms with Crippen LogP contribution in [-0.2, 0) is 0 Å². The number of H-pyrrole nitrogens is 1. The van der Waals surface area contributed by atoms with Gasteiger partial charge in [-0.05, 0) is 25.0 Å². The lowest BCUT2D eigenvalue weighted by Gasteiger charge is -2.36. The Labute approximate surface area is 177 Å². The maximum atomic E-state index is 12.4. The quantitative estimate of drug-likeness (QED) is 0.674. The summed E-state index contributed by atoms with van der Waals surface area (Å²) in [4.78, 5) is 17.8. The van der Waals surface area contributed by atoms with Crippen LogP contribution in [0.15, 0.2) is 41.2 Å². The van der Waals surface area contributed by atoms with Gasteiger partial charge in [0.15, 0.2) is 11.5 Å². The van der Waals surface area contributed by atoms with E-state index in [1.165, 1.54) is 0 Å². The standard InChI is InChI=1S/C21H21Cl2N3O3/c22-15-9-19-20(10-16(15)23)29-14(12-28-19)11-25-7-5-13(6-8-25)26-18-4-2-1-3-17(18)24-21(26)27/h1-4,9-10,13-14H,5-8,11-12H2,(H,24,27). The van der Waals surface area contributed by atoms with E-state index in [0.717, 1.165) is 43.5 Å². The Bertz CT molecular complexity index is 1100. The van der Waals surface area contributed by atoms with E-state index >= 15 is 0 Å². The van der Waals surface area contributed by atoms with Gasteiger partial charge in [0, 0.05) is 37.8 Å². The van der Waals surface area contributed by atoms with Crippen molar-refractivity contribution in [3.05, 3.63) is 56.9 Å². The highest BCUT2D eigenvalue weighted by molar-refractivity contribution is 6.42. The number of piperidine rings is 1. The summed E-state index contributed by atoms with van der Waals surface area (Å²) in [6.45, 7) is 3.07. The smallest absolute Gasteiger partial charge is 0.326 e. The van der Waals surface area contributed by atoms with Crippen molar-refractivity contribution in [2.24, 2.45) is 0 Å². The monoisotopic (exact) mass is 433 g/mol. The molecule has 1 unspecified atom stereocenters. The van der Waals surface area contributed by atoms with Crippen LogP contribution in [0.25, 0.3) is 11.0 Å². The maximum Gasteiger partial charge on any atom is 0.326 e. The highest BCUT2D eigenvalue weighted by Crippen LogP contribution is 2.38. The molecule has 1 aromatic heterocycles. The molecule has 152 valence electrons. The minimum Gasteiger partial charge on any atom is -0.486 e. The highest BCUT2D eigenvalue weighted by atomic mass is 35.5. The van der Waals surface area contributed by atoms with Crippen molar-refractivity contribution < 1.29 is 9.47 Å². The molecule has 0 bridgehead atoms. The van der Waals surface area contributed by atoms with Gasteiger partial charge in [0.2, 0.25) is 0 Å². The van der Waals surface area contributed by atoms with E-state index in [4.69, 9.17) is 32.7 Å². The number of hydrogen-bond acceptors (Lipinski definition) is 4. The van der Waals surface area contributed by atoms with Crippen LogP contribution in [-0.4, -0.2) is 46.8 Å². The molecule has 0 saturated carbocycles. The summed E-state index contributed by atoms with van der Waals surface area (Å²) in [6, 6.07) is 11.5. The number of rotatable bonds is 3. The summed E-state index contributed by atoms with van der Waals surface area (Å²) in [5, 5.41) is 0.918. The fourth-order valence-corrected chi connectivity index (χ4v) is 4.59. The Morgan fingerprint density at radius 3 is 2.59 bits per heavy atom. The van der Waals surface area contributed by atoms with Gasteiger partial charge < -0.3 is 14.5 Å². The molecule has 1 atom stereocenters. The van der Waals surface area contributed by atoms with Crippen molar-refractivity contribution in [3.8, 4) is 11.5 Å². The van der Waals surface area contributed by atoms with E-state index in [1.54, 1.807) is 12.1 Å². The minimum atomic E-state index is -0.0629. The van der Waals surface area contributed by atoms with E-state index in [9.17, 15) is 4.79 Å². The molecule has 0 amide bonds. The van der Waals surface area contributed by atoms with Gasteiger partial charge in [-0.1, -0.05) is 35.3 Å². The zero-order chi connectivity index (χ0) is 20.0. The molecule has 2 aromatic carbocycles. The lowest BCUT2D eigenvalue weighted by molar-refractivity contribution is 0.0485. The van der Waals surface area contributed by atoms with Crippen LogP contribution in [0.4, 0.5) is 0 Å². The topological polar surface area (TPSA) is 59.5 Å². The van der Waals surface area contributed by atoms with Crippen LogP contribution < -0.4 is 15.2 Å². The molecule has 3 aromatic rings. The second-order valence-corrected chi connectivity index (χ2v) is 8.43. The predicted octanol–water partition coefficient (Wildman–Crippen LogP) is 4.11. The zero-order valence-corrected chi connectivity index (χ0v) is 17.2. The number of imidazole rings is 1. The fraction of sp³-hybridized carbons (Fsp3) is 0.381. The number of para-hydroxylation sites is 2. The number of nitrogens with one attached hydrogen (secondary N) is 1. The SMILES string of the molecule is O=c1[nH]c2ccccc2n1C1CCN(CC2COc3cc(Cl)c(Cl)cc3O2)CC1. The number of halogens is 2. The van der Waals surface area contributed by atoms with Gasteiger partial charge in [-0.25, -0.2) is 4.79 Å². The van der Waals surface area contributed by atoms with Crippen molar-refractivity contribution >= 4 is 34.2 Å². The van der Waals surface area contributed by atoms with Crippen molar-refractivity contribution in [2.75, 3.05) is 26.2 Å². The molecule has 3 heterocycles. The average molecular weight is 434 g/mol. The highest BCUT2D eigenvalue weighted by Gasteiger charge is 2.28. The molecule has 1 fully saturated rings. The summed E-state index contributed by atoms with van der Waals surface area (Å²) in [5.41, 5.74) is 1.85. The summed E-state index contributed by atoms with van der Waals surface area (Å²) in [7, 11) is 0. The van der Waals surface area contributed by atoms with Gasteiger partial charge in [0.05, 0.1) is 21.1 Å². The first kappa shape index (κ1) is 18.9. The fourth-order valence-electron chi connectivity index (χ4n) is 4.29. The molecule has 29 heavy (non-hydrogen) atoms. The number of nitrogens with zero attached hydrogens (tertiary/aromatic N) is 2. The van der Waals surface area contributed by atoms with E-state index in [0.29, 0.717) is 28.2 Å². The molecule has 2 aliphatic rings. The van der Waals surface area contributed by atoms with Gasteiger partial charge in [-0.15, -0.1) is 0 Å². The molecule has 0 spiro atoms. The van der Waals surface area contributed by atoms with E-state index in [1.807, 2.05) is 28.8 Å². The Hall–Kier alpha value is -2.15. The van der Waals surface area contributed by atoms with Gasteiger partial charge in [-0.2, -0.15) is 0 Å². The molecule has 1 saturated heterocycles. The number of aromatic nitrogens is 2. The first-order chi connectivity index (χ1) is 14.1. The third-order valence-corrected chi connectivity index (χ3v) is 6.44. The second-order valence-electron chi connectivity index (χ2n) is 7.61. The summed E-state index contributed by atoms with van der Waals surface area (Å²) < 4.78 is 13.8. The number of aromatic amines is 1. The third-order valence-electron chi connectivity index (χ3n) is 5.71. The Morgan fingerprint density at radius 2 is 1.79 bits per heavy atom. The lowest BCUT2D eigenvalue weighted by Crippen LogP contribution is -2.45. The van der Waals surface area contributed by atoms with E-state index < -0.39 is 0 Å². The van der Waals surface area contributed by atoms with Gasteiger partial charge in [-0.3, -0.25) is 9.47 Å². The molecule has 8 heteroatoms. The largest absolute Gasteiger partial charge is 0.486 e. The number of hydrogen-bond donors (Lipinski definition) is 1. The first-order valence-electron chi connectivity index (χ1n) is 9.78. The average Bonchev–Trinajstić information content (AvgIpc) is 3.05. The van der Waals surface area contributed by atoms with Crippen LogP contribution >= 0.6 is 23.2 Å². The Balaban J connectivity index is 1.23. The first-order valence-corrected chi connectivity index (χ1v) is 10.5. The molecule has 2 aliphatic heterocycles. The zero-order valence-electron chi connectivity index (χ0n) is 15.7. The van der Waals surface area contributed by atoms with Gasteiger partial charge in [0.1, 0.15) is 12.7 Å². The van der Waals surface area contributed by atoms with E-state index in [2.05, 4.69) is 9.88 Å². The minimum absolute atomic E-state index is 0.0270. The summed E-state index contributed by atoms with van der Waals surface area (Å²) in [5.74, 6) is 1.27. The normalized spacial score (nSPS) is 20.3. The molecule has 5 rings (SSSR count). The summed E-state index contributed by atoms with van der Waals surface area (Å²) >= 11 is 12.1. The third kappa shape index (κ3) is 3.61. The molecule has 0 radical (unpaired) electrons. The molecule has 1 N–H and O–H groups in total. The number of ether oxygens (including phenoxy) is 2. The van der Waals surface area contributed by atoms with Gasteiger partial charge in [0.25, 0.3) is 0 Å². The Morgan fingerprint density at radius 1 is 1.07 bits per heavy atom. The summed E-state index contributed by atoms with van der Waals surface area (Å²) in [6.07, 6.45) is 1.79. The van der Waals surface area contributed by atoms with Crippen molar-refractivity contribution in [3.63, 3.8) is 0 Å². The van der Waals surface area contributed by atoms with Crippen LogP contribution in [0.2, 0.25) is 10.0 Å². The van der Waals surface area contributed by atoms with Crippen molar-refractivity contribution in [2.45, 2.75) is 25.0 Å². The van der Waals surface area contributed by atoms with Crippen LogP contribution in [0.3, 0.4) is 0 Å². The van der Waals surface area contributed by atoms with Crippen molar-refractivity contribution in [1.29, 1.82) is 0 Å². The predicted molar refractivity (Wildman–Crippen MR) is 114 cm³/mol. The van der Waals surface area contributed by atoms with Crippen LogP contribution in [0, 0.1) is 0 Å². The van der Waals surface area contributed by atoms with E-state index in [-0.39, 0.29) is 17.8 Å². The number of benzene rings is 2. The second kappa shape index (κ2) is 7.59. The molecular weight excluding hydrogens is 413 g/mol. The maximum absolute atomic E-state index is 12.4. The molecule has 0 aliphatic carbocycles. The molecule has 6 nitrogen and oxygen atoms in total.